The van der Waals surface area contributed by atoms with Crippen molar-refractivity contribution in [3.8, 4) is 28.7 Å². The van der Waals surface area contributed by atoms with Crippen LogP contribution in [0.5, 0.6) is 28.7 Å². The Kier molecular flexibility index (Phi) is 4.77. The van der Waals surface area contributed by atoms with E-state index >= 15 is 0 Å². The summed E-state index contributed by atoms with van der Waals surface area (Å²) in [7, 11) is 1.67. The second-order valence-electron chi connectivity index (χ2n) is 8.09. The van der Waals surface area contributed by atoms with Crippen molar-refractivity contribution in [3.63, 3.8) is 0 Å². The lowest BCUT2D eigenvalue weighted by Crippen LogP contribution is -2.33. The van der Waals surface area contributed by atoms with Crippen LogP contribution in [0.3, 0.4) is 0 Å². The zero-order chi connectivity index (χ0) is 19.9. The molecule has 0 fully saturated rings. The van der Waals surface area contributed by atoms with E-state index in [-0.39, 0.29) is 17.3 Å². The van der Waals surface area contributed by atoms with Gasteiger partial charge >= 0.3 is 0 Å². The van der Waals surface area contributed by atoms with E-state index in [2.05, 4.69) is 13.8 Å². The second kappa shape index (κ2) is 7.12. The molecule has 0 aromatic heterocycles. The Labute approximate surface area is 166 Å². The first kappa shape index (κ1) is 18.8. The molecule has 5 heteroatoms. The van der Waals surface area contributed by atoms with Gasteiger partial charge in [0.1, 0.15) is 34.3 Å². The highest BCUT2D eigenvalue weighted by atomic mass is 16.5. The minimum Gasteiger partial charge on any atom is -0.508 e. The van der Waals surface area contributed by atoms with Crippen molar-refractivity contribution in [2.75, 3.05) is 20.3 Å². The van der Waals surface area contributed by atoms with Gasteiger partial charge in [-0.3, -0.25) is 0 Å². The average molecular weight is 384 g/mol. The van der Waals surface area contributed by atoms with E-state index in [1.54, 1.807) is 13.2 Å². The number of phenolic OH excluding ortho intramolecular Hbond substituents is 1. The van der Waals surface area contributed by atoms with Crippen LogP contribution in [0.1, 0.15) is 49.8 Å². The van der Waals surface area contributed by atoms with Crippen LogP contribution in [-0.4, -0.2) is 31.0 Å². The van der Waals surface area contributed by atoms with Gasteiger partial charge in [-0.15, -0.1) is 0 Å². The largest absolute Gasteiger partial charge is 0.508 e. The number of hydrogen-bond donors (Lipinski definition) is 1. The van der Waals surface area contributed by atoms with Crippen molar-refractivity contribution in [2.24, 2.45) is 0 Å². The van der Waals surface area contributed by atoms with Crippen molar-refractivity contribution < 1.29 is 24.1 Å². The molecule has 2 aromatic carbocycles. The predicted molar refractivity (Wildman–Crippen MR) is 107 cm³/mol. The van der Waals surface area contributed by atoms with E-state index in [1.165, 1.54) is 0 Å². The third-order valence-electron chi connectivity index (χ3n) is 5.62. The molecule has 28 heavy (non-hydrogen) atoms. The molecule has 4 rings (SSSR count). The van der Waals surface area contributed by atoms with E-state index in [0.29, 0.717) is 19.0 Å². The first-order chi connectivity index (χ1) is 13.4. The molecule has 0 amide bonds. The Morgan fingerprint density at radius 1 is 1.21 bits per heavy atom. The molecule has 0 saturated carbocycles. The molecule has 1 N–H and O–H groups in total. The van der Waals surface area contributed by atoms with Gasteiger partial charge in [0.25, 0.3) is 0 Å². The van der Waals surface area contributed by atoms with Crippen LogP contribution < -0.4 is 18.9 Å². The van der Waals surface area contributed by atoms with E-state index in [9.17, 15) is 5.11 Å². The number of fused-ring (bicyclic) bond motifs is 3. The van der Waals surface area contributed by atoms with Crippen molar-refractivity contribution in [3.05, 3.63) is 41.0 Å². The summed E-state index contributed by atoms with van der Waals surface area (Å²) >= 11 is 0. The zero-order valence-corrected chi connectivity index (χ0v) is 17.0. The number of benzene rings is 2. The van der Waals surface area contributed by atoms with Gasteiger partial charge in [0.15, 0.2) is 0 Å². The van der Waals surface area contributed by atoms with Crippen LogP contribution in [0.2, 0.25) is 0 Å². The summed E-state index contributed by atoms with van der Waals surface area (Å²) < 4.78 is 23.6. The molecule has 0 bridgehead atoms. The molecule has 2 heterocycles. The third-order valence-corrected chi connectivity index (χ3v) is 5.62. The molecule has 2 aromatic rings. The number of hydrogen-bond acceptors (Lipinski definition) is 5. The maximum Gasteiger partial charge on any atom is 0.133 e. The second-order valence-corrected chi connectivity index (χ2v) is 8.09. The summed E-state index contributed by atoms with van der Waals surface area (Å²) in [6, 6.07) is 7.48. The number of methoxy groups -OCH3 is 1. The topological polar surface area (TPSA) is 57.2 Å². The van der Waals surface area contributed by atoms with Gasteiger partial charge in [-0.05, 0) is 46.1 Å². The molecule has 5 nitrogen and oxygen atoms in total. The van der Waals surface area contributed by atoms with E-state index in [0.717, 1.165) is 53.2 Å². The monoisotopic (exact) mass is 384 g/mol. The minimum absolute atomic E-state index is 0.0519. The molecular weight excluding hydrogens is 356 g/mol. The first-order valence-corrected chi connectivity index (χ1v) is 9.92. The van der Waals surface area contributed by atoms with Crippen LogP contribution in [0.4, 0.5) is 0 Å². The highest BCUT2D eigenvalue weighted by Crippen LogP contribution is 2.49. The lowest BCUT2D eigenvalue weighted by atomic mass is 9.85. The van der Waals surface area contributed by atoms with E-state index in [4.69, 9.17) is 18.9 Å². The van der Waals surface area contributed by atoms with Crippen molar-refractivity contribution >= 4 is 0 Å². The summed E-state index contributed by atoms with van der Waals surface area (Å²) in [6.45, 7) is 7.22. The maximum atomic E-state index is 10.5. The van der Waals surface area contributed by atoms with Gasteiger partial charge in [0.05, 0.1) is 20.3 Å². The lowest BCUT2D eigenvalue weighted by molar-refractivity contribution is 0.0821. The highest BCUT2D eigenvalue weighted by molar-refractivity contribution is 5.60. The SMILES string of the molecule is CCOc1ccc([C@H]2COc3c(c(OC)cc4c3CCC(C)(C)O4)C2)c(O)c1. The molecule has 0 spiro atoms. The van der Waals surface area contributed by atoms with Crippen LogP contribution in [-0.2, 0) is 12.8 Å². The zero-order valence-electron chi connectivity index (χ0n) is 17.0. The summed E-state index contributed by atoms with van der Waals surface area (Å²) in [6.07, 6.45) is 2.62. The Morgan fingerprint density at radius 3 is 2.75 bits per heavy atom. The van der Waals surface area contributed by atoms with Crippen LogP contribution in [0, 0.1) is 0 Å². The fraction of sp³-hybridized carbons (Fsp3) is 0.478. The van der Waals surface area contributed by atoms with Gasteiger partial charge in [-0.1, -0.05) is 6.07 Å². The van der Waals surface area contributed by atoms with Crippen LogP contribution in [0.15, 0.2) is 24.3 Å². The molecule has 0 saturated heterocycles. The minimum atomic E-state index is -0.183. The Hall–Kier alpha value is -2.56. The van der Waals surface area contributed by atoms with Crippen molar-refractivity contribution in [1.82, 2.24) is 0 Å². The summed E-state index contributed by atoms with van der Waals surface area (Å²) in [5.74, 6) is 3.50. The summed E-state index contributed by atoms with van der Waals surface area (Å²) in [5, 5.41) is 10.5. The summed E-state index contributed by atoms with van der Waals surface area (Å²) in [4.78, 5) is 0. The Balaban J connectivity index is 1.68. The van der Waals surface area contributed by atoms with Crippen LogP contribution in [0.25, 0.3) is 0 Å². The van der Waals surface area contributed by atoms with Gasteiger partial charge < -0.3 is 24.1 Å². The molecule has 1 atom stereocenters. The van der Waals surface area contributed by atoms with E-state index in [1.807, 2.05) is 25.1 Å². The molecule has 2 aliphatic heterocycles. The smallest absolute Gasteiger partial charge is 0.133 e. The number of aromatic hydroxyl groups is 1. The molecule has 2 aliphatic rings. The number of rotatable bonds is 4. The van der Waals surface area contributed by atoms with Crippen molar-refractivity contribution in [1.29, 1.82) is 0 Å². The van der Waals surface area contributed by atoms with Crippen molar-refractivity contribution in [2.45, 2.75) is 51.6 Å². The standard InChI is InChI=1S/C23H28O5/c1-5-26-15-6-7-16(19(24)11-15)14-10-18-20(25-4)12-21-17(22(18)27-13-14)8-9-23(2,3)28-21/h6-7,11-12,14,24H,5,8-10,13H2,1-4H3/t14-/m1/s1. The Bertz CT molecular complexity index is 887. The van der Waals surface area contributed by atoms with Gasteiger partial charge in [0, 0.05) is 34.7 Å². The highest BCUT2D eigenvalue weighted by Gasteiger charge is 2.34. The molecule has 0 aliphatic carbocycles. The third kappa shape index (κ3) is 3.34. The normalized spacial score (nSPS) is 19.6. The Morgan fingerprint density at radius 2 is 2.04 bits per heavy atom. The fourth-order valence-electron chi connectivity index (χ4n) is 4.17. The predicted octanol–water partition coefficient (Wildman–Crippen LogP) is 4.62. The molecule has 150 valence electrons. The first-order valence-electron chi connectivity index (χ1n) is 9.92. The fourth-order valence-corrected chi connectivity index (χ4v) is 4.17. The van der Waals surface area contributed by atoms with Gasteiger partial charge in [-0.2, -0.15) is 0 Å². The quantitative estimate of drug-likeness (QED) is 0.833. The van der Waals surface area contributed by atoms with E-state index < -0.39 is 0 Å². The van der Waals surface area contributed by atoms with Crippen LogP contribution >= 0.6 is 0 Å². The number of phenols is 1. The summed E-state index contributed by atoms with van der Waals surface area (Å²) in [5.41, 5.74) is 2.86. The molecule has 0 unspecified atom stereocenters. The van der Waals surface area contributed by atoms with Gasteiger partial charge in [0.2, 0.25) is 0 Å². The maximum absolute atomic E-state index is 10.5. The van der Waals surface area contributed by atoms with Gasteiger partial charge in [-0.25, -0.2) is 0 Å². The molecular formula is C23H28O5. The average Bonchev–Trinajstić information content (AvgIpc) is 2.66. The molecule has 0 radical (unpaired) electrons. The lowest BCUT2D eigenvalue weighted by Gasteiger charge is -2.36. The number of ether oxygens (including phenoxy) is 4.